The summed E-state index contributed by atoms with van der Waals surface area (Å²) in [5.74, 6) is 2.95. The van der Waals surface area contributed by atoms with Crippen molar-refractivity contribution in [2.75, 3.05) is 0 Å². The van der Waals surface area contributed by atoms with E-state index in [1.54, 1.807) is 5.56 Å². The summed E-state index contributed by atoms with van der Waals surface area (Å²) in [5, 5.41) is 4.63. The van der Waals surface area contributed by atoms with Gasteiger partial charge in [-0.15, -0.1) is 0 Å². The number of rotatable bonds is 5. The molecule has 4 saturated carbocycles. The van der Waals surface area contributed by atoms with E-state index in [2.05, 4.69) is 41.7 Å². The van der Waals surface area contributed by atoms with Gasteiger partial charge in [0.25, 0.3) is 0 Å². The molecule has 4 bridgehead atoms. The quantitative estimate of drug-likeness (QED) is 0.465. The highest BCUT2D eigenvalue weighted by Gasteiger charge is 2.51. The molecule has 4 aliphatic carbocycles. The molecule has 0 amide bonds. The number of nitrogens with two attached hydrogens (primary N) is 1. The summed E-state index contributed by atoms with van der Waals surface area (Å²) < 4.78 is 0. The molecule has 1 aromatic rings. The van der Waals surface area contributed by atoms with E-state index in [9.17, 15) is 0 Å². The van der Waals surface area contributed by atoms with Crippen molar-refractivity contribution in [3.8, 4) is 0 Å². The highest BCUT2D eigenvalue weighted by molar-refractivity contribution is 7.80. The van der Waals surface area contributed by atoms with Crippen LogP contribution >= 0.6 is 12.2 Å². The van der Waals surface area contributed by atoms with Crippen LogP contribution in [0.15, 0.2) is 29.4 Å². The second-order valence-corrected chi connectivity index (χ2v) is 9.00. The Labute approximate surface area is 156 Å². The number of hydrogen-bond donors (Lipinski definition) is 2. The van der Waals surface area contributed by atoms with E-state index in [0.717, 1.165) is 36.3 Å². The molecule has 3 nitrogen and oxygen atoms in total. The lowest BCUT2D eigenvalue weighted by Gasteiger charge is -2.57. The summed E-state index contributed by atoms with van der Waals surface area (Å²) in [6.45, 7) is 2.17. The normalized spacial score (nSPS) is 33.5. The third-order valence-corrected chi connectivity index (χ3v) is 6.75. The monoisotopic (exact) mass is 355 g/mol. The van der Waals surface area contributed by atoms with Crippen LogP contribution in [0.3, 0.4) is 0 Å². The van der Waals surface area contributed by atoms with Crippen LogP contribution in [-0.4, -0.2) is 10.8 Å². The van der Waals surface area contributed by atoms with Crippen molar-refractivity contribution >= 4 is 23.0 Å². The summed E-state index contributed by atoms with van der Waals surface area (Å²) in [6, 6.07) is 9.25. The fourth-order valence-corrected chi connectivity index (χ4v) is 6.15. The van der Waals surface area contributed by atoms with Crippen LogP contribution in [0.2, 0.25) is 0 Å². The van der Waals surface area contributed by atoms with Crippen molar-refractivity contribution in [1.29, 1.82) is 0 Å². The highest BCUT2D eigenvalue weighted by Crippen LogP contribution is 2.60. The van der Waals surface area contributed by atoms with Crippen molar-refractivity contribution in [1.82, 2.24) is 5.43 Å². The summed E-state index contributed by atoms with van der Waals surface area (Å²) in [4.78, 5) is 0. The minimum atomic E-state index is 0.221. The van der Waals surface area contributed by atoms with Crippen LogP contribution in [-0.2, 0) is 5.41 Å². The smallest absolute Gasteiger partial charge is 0.184 e. The second-order valence-electron chi connectivity index (χ2n) is 8.56. The maximum Gasteiger partial charge on any atom is 0.184 e. The largest absolute Gasteiger partial charge is 0.375 e. The Bertz CT molecular complexity index is 642. The van der Waals surface area contributed by atoms with Crippen LogP contribution in [0.25, 0.3) is 0 Å². The Morgan fingerprint density at radius 1 is 1.12 bits per heavy atom. The Kier molecular flexibility index (Phi) is 4.57. The molecule has 0 atom stereocenters. The first kappa shape index (κ1) is 17.0. The molecule has 0 unspecified atom stereocenters. The Balaban J connectivity index is 1.57. The molecule has 0 saturated heterocycles. The Morgan fingerprint density at radius 3 is 2.16 bits per heavy atom. The number of nitrogens with one attached hydrogen (secondary N) is 1. The van der Waals surface area contributed by atoms with Crippen LogP contribution in [0.5, 0.6) is 0 Å². The molecule has 0 spiro atoms. The molecule has 25 heavy (non-hydrogen) atoms. The van der Waals surface area contributed by atoms with Crippen molar-refractivity contribution in [2.24, 2.45) is 28.6 Å². The summed E-state index contributed by atoms with van der Waals surface area (Å²) in [7, 11) is 0. The van der Waals surface area contributed by atoms with E-state index in [-0.39, 0.29) is 5.11 Å². The van der Waals surface area contributed by atoms with E-state index >= 15 is 0 Å². The van der Waals surface area contributed by atoms with Gasteiger partial charge >= 0.3 is 0 Å². The van der Waals surface area contributed by atoms with Crippen molar-refractivity contribution in [2.45, 2.75) is 63.7 Å². The summed E-state index contributed by atoms with van der Waals surface area (Å²) in [6.07, 6.45) is 10.7. The third kappa shape index (κ3) is 3.33. The van der Waals surface area contributed by atoms with Crippen molar-refractivity contribution < 1.29 is 0 Å². The lowest BCUT2D eigenvalue weighted by molar-refractivity contribution is -0.00518. The van der Waals surface area contributed by atoms with Crippen molar-refractivity contribution in [3.05, 3.63) is 35.4 Å². The Morgan fingerprint density at radius 2 is 1.68 bits per heavy atom. The van der Waals surface area contributed by atoms with Crippen molar-refractivity contribution in [3.63, 3.8) is 0 Å². The van der Waals surface area contributed by atoms with Gasteiger partial charge in [0.1, 0.15) is 0 Å². The highest BCUT2D eigenvalue weighted by atomic mass is 32.1. The molecule has 4 aliphatic rings. The van der Waals surface area contributed by atoms with Gasteiger partial charge in [0, 0.05) is 0 Å². The first-order valence-corrected chi connectivity index (χ1v) is 10.2. The predicted octanol–water partition coefficient (Wildman–Crippen LogP) is 4.49. The standard InChI is InChI=1S/C21H29N3S/c1-2-3-19(23-24-20(22)25)17-4-6-18(7-5-17)21-11-14-8-15(12-21)10-16(9-14)13-21/h4-7,14-16H,2-3,8-13H2,1H3,(H3,22,24,25)/b23-19-. The zero-order valence-corrected chi connectivity index (χ0v) is 15.9. The van der Waals surface area contributed by atoms with E-state index in [4.69, 9.17) is 18.0 Å². The Hall–Kier alpha value is -1.42. The van der Waals surface area contributed by atoms with Crippen LogP contribution < -0.4 is 11.2 Å². The topological polar surface area (TPSA) is 50.4 Å². The van der Waals surface area contributed by atoms with Gasteiger partial charge < -0.3 is 5.73 Å². The molecule has 1 aromatic carbocycles. The zero-order chi connectivity index (χ0) is 17.4. The molecule has 0 heterocycles. The zero-order valence-electron chi connectivity index (χ0n) is 15.1. The van der Waals surface area contributed by atoms with Gasteiger partial charge in [-0.25, -0.2) is 0 Å². The molecule has 4 heteroatoms. The molecule has 0 radical (unpaired) electrons. The number of hydrogen-bond acceptors (Lipinski definition) is 2. The molecule has 0 aliphatic heterocycles. The number of thiocarbonyl (C=S) groups is 1. The van der Waals surface area contributed by atoms with Gasteiger partial charge in [-0.1, -0.05) is 37.6 Å². The van der Waals surface area contributed by atoms with Crippen LogP contribution in [0.4, 0.5) is 0 Å². The third-order valence-electron chi connectivity index (χ3n) is 6.66. The molecule has 134 valence electrons. The molecule has 5 rings (SSSR count). The average molecular weight is 356 g/mol. The van der Waals surface area contributed by atoms with Gasteiger partial charge in [-0.3, -0.25) is 5.43 Å². The molecular formula is C21H29N3S. The number of nitrogens with zero attached hydrogens (tertiary/aromatic N) is 1. The van der Waals surface area contributed by atoms with Gasteiger partial charge in [0.15, 0.2) is 5.11 Å². The minimum absolute atomic E-state index is 0.221. The summed E-state index contributed by atoms with van der Waals surface area (Å²) >= 11 is 4.88. The maximum absolute atomic E-state index is 5.52. The van der Waals surface area contributed by atoms with Gasteiger partial charge in [0.05, 0.1) is 5.71 Å². The van der Waals surface area contributed by atoms with Crippen LogP contribution in [0, 0.1) is 17.8 Å². The fourth-order valence-electron chi connectivity index (χ4n) is 6.10. The fraction of sp³-hybridized carbons (Fsp3) is 0.619. The SMILES string of the molecule is CCC/C(=N/NC(N)=S)c1ccc(C23CC4CC(CC(C4)C2)C3)cc1. The van der Waals surface area contributed by atoms with E-state index in [1.807, 2.05) is 0 Å². The molecule has 0 aromatic heterocycles. The predicted molar refractivity (Wildman–Crippen MR) is 108 cm³/mol. The van der Waals surface area contributed by atoms with Crippen LogP contribution in [0.1, 0.15) is 69.4 Å². The number of benzene rings is 1. The number of hydrazone groups is 1. The maximum atomic E-state index is 5.52. The molecular weight excluding hydrogens is 326 g/mol. The van der Waals surface area contributed by atoms with Gasteiger partial charge in [-0.2, -0.15) is 5.10 Å². The average Bonchev–Trinajstić information content (AvgIpc) is 2.57. The molecule has 4 fully saturated rings. The van der Waals surface area contributed by atoms with Gasteiger partial charge in [-0.05, 0) is 91.5 Å². The molecule has 3 N–H and O–H groups in total. The lowest BCUT2D eigenvalue weighted by Crippen LogP contribution is -2.48. The first-order chi connectivity index (χ1) is 12.1. The second kappa shape index (κ2) is 6.71. The van der Waals surface area contributed by atoms with E-state index in [1.165, 1.54) is 44.1 Å². The van der Waals surface area contributed by atoms with E-state index < -0.39 is 0 Å². The summed E-state index contributed by atoms with van der Waals surface area (Å²) in [5.41, 5.74) is 12.5. The lowest BCUT2D eigenvalue weighted by atomic mass is 9.48. The van der Waals surface area contributed by atoms with E-state index in [0.29, 0.717) is 5.41 Å². The van der Waals surface area contributed by atoms with Gasteiger partial charge in [0.2, 0.25) is 0 Å². The minimum Gasteiger partial charge on any atom is -0.375 e. The first-order valence-electron chi connectivity index (χ1n) is 9.81.